The van der Waals surface area contributed by atoms with E-state index in [-0.39, 0.29) is 11.7 Å². The minimum absolute atomic E-state index is 0.0340. The SMILES string of the molecule is Fc1ccccc1C(CCl)CCOc1ccc(Br)cc1. The first-order valence-corrected chi connectivity index (χ1v) is 7.72. The Kier molecular flexibility index (Phi) is 5.86. The van der Waals surface area contributed by atoms with Crippen molar-refractivity contribution in [3.05, 3.63) is 64.4 Å². The van der Waals surface area contributed by atoms with Crippen molar-refractivity contribution in [3.63, 3.8) is 0 Å². The van der Waals surface area contributed by atoms with Gasteiger partial charge < -0.3 is 4.74 Å². The summed E-state index contributed by atoms with van der Waals surface area (Å²) < 4.78 is 20.4. The van der Waals surface area contributed by atoms with E-state index in [4.69, 9.17) is 16.3 Å². The van der Waals surface area contributed by atoms with Crippen molar-refractivity contribution in [2.75, 3.05) is 12.5 Å². The normalized spacial score (nSPS) is 12.2. The number of hydrogen-bond donors (Lipinski definition) is 0. The van der Waals surface area contributed by atoms with Crippen LogP contribution in [0, 0.1) is 5.82 Å². The highest BCUT2D eigenvalue weighted by atomic mass is 79.9. The molecule has 2 rings (SSSR count). The topological polar surface area (TPSA) is 9.23 Å². The zero-order valence-corrected chi connectivity index (χ0v) is 13.2. The predicted molar refractivity (Wildman–Crippen MR) is 84.1 cm³/mol. The molecule has 20 heavy (non-hydrogen) atoms. The summed E-state index contributed by atoms with van der Waals surface area (Å²) in [7, 11) is 0. The molecule has 0 saturated heterocycles. The number of rotatable bonds is 6. The van der Waals surface area contributed by atoms with Crippen molar-refractivity contribution >= 4 is 27.5 Å². The molecule has 1 nitrogen and oxygen atoms in total. The van der Waals surface area contributed by atoms with Crippen LogP contribution in [-0.2, 0) is 0 Å². The van der Waals surface area contributed by atoms with E-state index in [9.17, 15) is 4.39 Å². The van der Waals surface area contributed by atoms with Crippen molar-refractivity contribution in [1.29, 1.82) is 0 Å². The summed E-state index contributed by atoms with van der Waals surface area (Å²) in [5.41, 5.74) is 0.655. The van der Waals surface area contributed by atoms with Gasteiger partial charge in [0.05, 0.1) is 6.61 Å². The third-order valence-corrected chi connectivity index (χ3v) is 3.98. The van der Waals surface area contributed by atoms with Crippen LogP contribution in [0.5, 0.6) is 5.75 Å². The summed E-state index contributed by atoms with van der Waals surface area (Å²) in [5, 5.41) is 0. The van der Waals surface area contributed by atoms with E-state index in [0.29, 0.717) is 24.5 Å². The minimum Gasteiger partial charge on any atom is -0.494 e. The van der Waals surface area contributed by atoms with Gasteiger partial charge >= 0.3 is 0 Å². The van der Waals surface area contributed by atoms with E-state index < -0.39 is 0 Å². The molecule has 0 aliphatic rings. The van der Waals surface area contributed by atoms with Crippen molar-refractivity contribution in [1.82, 2.24) is 0 Å². The molecule has 1 unspecified atom stereocenters. The van der Waals surface area contributed by atoms with Gasteiger partial charge in [-0.1, -0.05) is 34.1 Å². The summed E-state index contributed by atoms with van der Waals surface area (Å²) in [6.45, 7) is 0.507. The molecule has 0 bridgehead atoms. The lowest BCUT2D eigenvalue weighted by Gasteiger charge is -2.15. The summed E-state index contributed by atoms with van der Waals surface area (Å²) in [6, 6.07) is 14.4. The Labute approximate surface area is 131 Å². The molecule has 0 heterocycles. The summed E-state index contributed by atoms with van der Waals surface area (Å²) in [5.74, 6) is 0.940. The van der Waals surface area contributed by atoms with E-state index in [1.165, 1.54) is 6.07 Å². The highest BCUT2D eigenvalue weighted by molar-refractivity contribution is 9.10. The van der Waals surface area contributed by atoms with Gasteiger partial charge in [-0.05, 0) is 42.3 Å². The van der Waals surface area contributed by atoms with Gasteiger partial charge in [0, 0.05) is 16.3 Å². The fourth-order valence-corrected chi connectivity index (χ4v) is 2.56. The van der Waals surface area contributed by atoms with Gasteiger partial charge in [-0.15, -0.1) is 11.6 Å². The Hall–Kier alpha value is -1.06. The number of ether oxygens (including phenoxy) is 1. The van der Waals surface area contributed by atoms with Crippen molar-refractivity contribution in [2.24, 2.45) is 0 Å². The average molecular weight is 358 g/mol. The third kappa shape index (κ3) is 4.22. The second kappa shape index (κ2) is 7.65. The lowest BCUT2D eigenvalue weighted by molar-refractivity contribution is 0.300. The molecule has 1 atom stereocenters. The van der Waals surface area contributed by atoms with Crippen LogP contribution in [0.3, 0.4) is 0 Å². The van der Waals surface area contributed by atoms with E-state index in [1.807, 2.05) is 30.3 Å². The second-order valence-electron chi connectivity index (χ2n) is 4.46. The van der Waals surface area contributed by atoms with Gasteiger partial charge in [0.25, 0.3) is 0 Å². The summed E-state index contributed by atoms with van der Waals surface area (Å²) >= 11 is 9.32. The Balaban J connectivity index is 1.91. The van der Waals surface area contributed by atoms with E-state index in [0.717, 1.165) is 10.2 Å². The van der Waals surface area contributed by atoms with E-state index >= 15 is 0 Å². The molecule has 2 aromatic carbocycles. The van der Waals surface area contributed by atoms with Crippen LogP contribution in [0.15, 0.2) is 53.0 Å². The molecule has 4 heteroatoms. The molecular weight excluding hydrogens is 343 g/mol. The van der Waals surface area contributed by atoms with Crippen molar-refractivity contribution in [3.8, 4) is 5.75 Å². The molecule has 0 fully saturated rings. The Morgan fingerprint density at radius 2 is 1.80 bits per heavy atom. The molecule has 0 aliphatic heterocycles. The molecule has 0 radical (unpaired) electrons. The Bertz CT molecular complexity index is 544. The number of alkyl halides is 1. The lowest BCUT2D eigenvalue weighted by Crippen LogP contribution is -2.09. The quantitative estimate of drug-likeness (QED) is 0.631. The van der Waals surface area contributed by atoms with Gasteiger partial charge in [-0.25, -0.2) is 4.39 Å². The average Bonchev–Trinajstić information content (AvgIpc) is 2.47. The first-order valence-electron chi connectivity index (χ1n) is 6.39. The number of benzene rings is 2. The molecule has 0 aromatic heterocycles. The lowest BCUT2D eigenvalue weighted by atomic mass is 9.97. The van der Waals surface area contributed by atoms with Crippen LogP contribution in [0.2, 0.25) is 0 Å². The van der Waals surface area contributed by atoms with Gasteiger partial charge in [0.2, 0.25) is 0 Å². The minimum atomic E-state index is -0.207. The summed E-state index contributed by atoms with van der Waals surface area (Å²) in [6.07, 6.45) is 0.681. The highest BCUT2D eigenvalue weighted by Gasteiger charge is 2.14. The molecule has 0 amide bonds. The molecule has 0 spiro atoms. The first-order chi connectivity index (χ1) is 9.70. The predicted octanol–water partition coefficient (Wildman–Crippen LogP) is 5.38. The van der Waals surface area contributed by atoms with Crippen LogP contribution >= 0.6 is 27.5 Å². The second-order valence-corrected chi connectivity index (χ2v) is 5.69. The van der Waals surface area contributed by atoms with Crippen LogP contribution < -0.4 is 4.74 Å². The molecule has 0 saturated carbocycles. The Morgan fingerprint density at radius 3 is 2.45 bits per heavy atom. The molecule has 2 aromatic rings. The molecule has 0 aliphatic carbocycles. The van der Waals surface area contributed by atoms with Crippen LogP contribution in [0.4, 0.5) is 4.39 Å². The standard InChI is InChI=1S/C16H15BrClFO/c17-13-5-7-14(8-6-13)20-10-9-12(11-18)15-3-1-2-4-16(15)19/h1-8,12H,9-11H2. The maximum Gasteiger partial charge on any atom is 0.126 e. The van der Waals surface area contributed by atoms with Crippen molar-refractivity contribution in [2.45, 2.75) is 12.3 Å². The largest absolute Gasteiger partial charge is 0.494 e. The van der Waals surface area contributed by atoms with E-state index in [1.54, 1.807) is 12.1 Å². The van der Waals surface area contributed by atoms with Gasteiger partial charge in [-0.2, -0.15) is 0 Å². The number of hydrogen-bond acceptors (Lipinski definition) is 1. The van der Waals surface area contributed by atoms with Crippen LogP contribution in [0.25, 0.3) is 0 Å². The first kappa shape index (κ1) is 15.3. The zero-order valence-electron chi connectivity index (χ0n) is 10.9. The van der Waals surface area contributed by atoms with Gasteiger partial charge in [0.1, 0.15) is 11.6 Å². The third-order valence-electron chi connectivity index (χ3n) is 3.08. The maximum absolute atomic E-state index is 13.7. The smallest absolute Gasteiger partial charge is 0.126 e. The van der Waals surface area contributed by atoms with Gasteiger partial charge in [-0.3, -0.25) is 0 Å². The summed E-state index contributed by atoms with van der Waals surface area (Å²) in [4.78, 5) is 0. The fourth-order valence-electron chi connectivity index (χ4n) is 1.97. The maximum atomic E-state index is 13.7. The van der Waals surface area contributed by atoms with E-state index in [2.05, 4.69) is 15.9 Å². The molecule has 106 valence electrons. The van der Waals surface area contributed by atoms with Crippen LogP contribution in [0.1, 0.15) is 17.9 Å². The highest BCUT2D eigenvalue weighted by Crippen LogP contribution is 2.24. The zero-order chi connectivity index (χ0) is 14.4. The monoisotopic (exact) mass is 356 g/mol. The number of halogens is 3. The van der Waals surface area contributed by atoms with Gasteiger partial charge in [0.15, 0.2) is 0 Å². The van der Waals surface area contributed by atoms with Crippen molar-refractivity contribution < 1.29 is 9.13 Å². The van der Waals surface area contributed by atoms with Crippen LogP contribution in [-0.4, -0.2) is 12.5 Å². The Morgan fingerprint density at radius 1 is 1.10 bits per heavy atom. The molecular formula is C16H15BrClFO. The fraction of sp³-hybridized carbons (Fsp3) is 0.250. The molecule has 0 N–H and O–H groups in total.